The van der Waals surface area contributed by atoms with Crippen LogP contribution in [0, 0.1) is 5.82 Å². The van der Waals surface area contributed by atoms with Crippen LogP contribution in [0.15, 0.2) is 42.0 Å². The first-order valence-corrected chi connectivity index (χ1v) is 8.71. The maximum Gasteiger partial charge on any atom is 0.146 e. The smallest absolute Gasteiger partial charge is 0.146 e. The molecule has 0 aliphatic carbocycles. The monoisotopic (exact) mass is 344 g/mol. The Balaban J connectivity index is 1.77. The third-order valence-electron chi connectivity index (χ3n) is 4.08. The van der Waals surface area contributed by atoms with Gasteiger partial charge in [0.15, 0.2) is 0 Å². The highest BCUT2D eigenvalue weighted by Gasteiger charge is 2.22. The molecule has 1 aliphatic heterocycles. The summed E-state index contributed by atoms with van der Waals surface area (Å²) in [6, 6.07) is 8.80. The van der Waals surface area contributed by atoms with Crippen LogP contribution in [-0.4, -0.2) is 47.8 Å². The van der Waals surface area contributed by atoms with Crippen LogP contribution in [0.4, 0.5) is 15.9 Å². The molecular formula is C17H17FN4OS. The molecule has 0 radical (unpaired) electrons. The molecule has 0 amide bonds. The Bertz CT molecular complexity index is 834. The van der Waals surface area contributed by atoms with Crippen molar-refractivity contribution in [3.05, 3.63) is 47.9 Å². The minimum Gasteiger partial charge on any atom is -0.379 e. The van der Waals surface area contributed by atoms with Crippen molar-refractivity contribution >= 4 is 33.1 Å². The van der Waals surface area contributed by atoms with Gasteiger partial charge in [-0.1, -0.05) is 12.1 Å². The van der Waals surface area contributed by atoms with E-state index in [1.165, 1.54) is 6.07 Å². The summed E-state index contributed by atoms with van der Waals surface area (Å²) in [6.07, 6.45) is 1.54. The van der Waals surface area contributed by atoms with E-state index in [2.05, 4.69) is 14.9 Å². The van der Waals surface area contributed by atoms with Crippen molar-refractivity contribution in [1.82, 2.24) is 14.9 Å². The molecule has 3 aromatic rings. The number of thiophene rings is 1. The van der Waals surface area contributed by atoms with E-state index in [-0.39, 0.29) is 5.82 Å². The number of benzene rings is 1. The summed E-state index contributed by atoms with van der Waals surface area (Å²) in [7, 11) is 0. The van der Waals surface area contributed by atoms with E-state index in [0.717, 1.165) is 29.1 Å². The molecule has 0 saturated carbocycles. The molecule has 24 heavy (non-hydrogen) atoms. The van der Waals surface area contributed by atoms with E-state index < -0.39 is 0 Å². The van der Waals surface area contributed by atoms with E-state index in [1.807, 2.05) is 22.4 Å². The quantitative estimate of drug-likeness (QED) is 0.727. The predicted octanol–water partition coefficient (Wildman–Crippen LogP) is 3.26. The predicted molar refractivity (Wildman–Crippen MR) is 93.2 cm³/mol. The van der Waals surface area contributed by atoms with E-state index in [0.29, 0.717) is 25.6 Å². The molecule has 1 fully saturated rings. The Morgan fingerprint density at radius 2 is 2.00 bits per heavy atom. The van der Waals surface area contributed by atoms with Gasteiger partial charge in [-0.15, -0.1) is 11.3 Å². The van der Waals surface area contributed by atoms with Crippen LogP contribution in [0.1, 0.15) is 0 Å². The molecule has 7 heteroatoms. The molecule has 0 atom stereocenters. The van der Waals surface area contributed by atoms with E-state index in [1.54, 1.807) is 29.8 Å². The summed E-state index contributed by atoms with van der Waals surface area (Å²) in [6.45, 7) is 3.60. The first-order valence-electron chi connectivity index (χ1n) is 7.83. The third-order valence-corrected chi connectivity index (χ3v) is 4.91. The van der Waals surface area contributed by atoms with Gasteiger partial charge >= 0.3 is 0 Å². The highest BCUT2D eigenvalue weighted by molar-refractivity contribution is 7.16. The fourth-order valence-electron chi connectivity index (χ4n) is 2.86. The maximum atomic E-state index is 14.5. The number of fused-ring (bicyclic) bond motifs is 1. The Kier molecular flexibility index (Phi) is 4.38. The second-order valence-electron chi connectivity index (χ2n) is 5.59. The molecule has 0 N–H and O–H groups in total. The van der Waals surface area contributed by atoms with Crippen molar-refractivity contribution in [2.24, 2.45) is 0 Å². The van der Waals surface area contributed by atoms with Gasteiger partial charge in [-0.3, -0.25) is 4.90 Å². The van der Waals surface area contributed by atoms with E-state index >= 15 is 0 Å². The molecule has 1 aromatic carbocycles. The SMILES string of the molecule is Fc1ccccc1N(CN1CCOCC1)c1ncnc2sccc12. The molecule has 1 aliphatic rings. The normalized spacial score (nSPS) is 15.7. The van der Waals surface area contributed by atoms with Gasteiger partial charge in [0.25, 0.3) is 0 Å². The number of hydrogen-bond acceptors (Lipinski definition) is 6. The second kappa shape index (κ2) is 6.80. The average molecular weight is 344 g/mol. The molecule has 5 nitrogen and oxygen atoms in total. The van der Waals surface area contributed by atoms with Crippen molar-refractivity contribution in [1.29, 1.82) is 0 Å². The maximum absolute atomic E-state index is 14.5. The molecule has 0 bridgehead atoms. The molecule has 0 spiro atoms. The zero-order valence-corrected chi connectivity index (χ0v) is 13.9. The number of aromatic nitrogens is 2. The summed E-state index contributed by atoms with van der Waals surface area (Å²) < 4.78 is 19.9. The van der Waals surface area contributed by atoms with E-state index in [9.17, 15) is 4.39 Å². The lowest BCUT2D eigenvalue weighted by molar-refractivity contribution is 0.0390. The molecule has 124 valence electrons. The van der Waals surface area contributed by atoms with Crippen LogP contribution < -0.4 is 4.90 Å². The summed E-state index contributed by atoms with van der Waals surface area (Å²) in [4.78, 5) is 13.8. The molecular weight excluding hydrogens is 327 g/mol. The first kappa shape index (κ1) is 15.4. The fourth-order valence-corrected chi connectivity index (χ4v) is 3.59. The zero-order valence-electron chi connectivity index (χ0n) is 13.1. The lowest BCUT2D eigenvalue weighted by atomic mass is 10.2. The van der Waals surface area contributed by atoms with Crippen LogP contribution >= 0.6 is 11.3 Å². The number of para-hydroxylation sites is 1. The van der Waals surface area contributed by atoms with Gasteiger partial charge in [-0.2, -0.15) is 0 Å². The Morgan fingerprint density at radius 3 is 2.83 bits per heavy atom. The minimum atomic E-state index is -0.257. The number of hydrogen-bond donors (Lipinski definition) is 0. The van der Waals surface area contributed by atoms with Crippen LogP contribution in [-0.2, 0) is 4.74 Å². The van der Waals surface area contributed by atoms with Crippen molar-refractivity contribution < 1.29 is 9.13 Å². The van der Waals surface area contributed by atoms with Crippen LogP contribution in [0.25, 0.3) is 10.2 Å². The topological polar surface area (TPSA) is 41.5 Å². The van der Waals surface area contributed by atoms with Gasteiger partial charge in [-0.05, 0) is 23.6 Å². The summed E-state index contributed by atoms with van der Waals surface area (Å²) in [5, 5.41) is 2.93. The van der Waals surface area contributed by atoms with Crippen LogP contribution in [0.3, 0.4) is 0 Å². The largest absolute Gasteiger partial charge is 0.379 e. The molecule has 1 saturated heterocycles. The lowest BCUT2D eigenvalue weighted by Crippen LogP contribution is -2.43. The van der Waals surface area contributed by atoms with Gasteiger partial charge < -0.3 is 9.64 Å². The molecule has 4 rings (SSSR count). The van der Waals surface area contributed by atoms with Gasteiger partial charge in [0.1, 0.15) is 22.8 Å². The minimum absolute atomic E-state index is 0.257. The summed E-state index contributed by atoms with van der Waals surface area (Å²) in [5.41, 5.74) is 0.523. The first-order chi connectivity index (χ1) is 11.8. The number of morpholine rings is 1. The van der Waals surface area contributed by atoms with Gasteiger partial charge in [-0.25, -0.2) is 14.4 Å². The summed E-state index contributed by atoms with van der Waals surface area (Å²) >= 11 is 1.56. The number of ether oxygens (including phenoxy) is 1. The van der Waals surface area contributed by atoms with Crippen LogP contribution in [0.5, 0.6) is 0 Å². The Hall–Kier alpha value is -2.09. The van der Waals surface area contributed by atoms with Gasteiger partial charge in [0, 0.05) is 13.1 Å². The van der Waals surface area contributed by atoms with Gasteiger partial charge in [0.2, 0.25) is 0 Å². The Labute approximate surface area is 143 Å². The van der Waals surface area contributed by atoms with Crippen molar-refractivity contribution in [3.8, 4) is 0 Å². The van der Waals surface area contributed by atoms with Crippen LogP contribution in [0.2, 0.25) is 0 Å². The average Bonchev–Trinajstić information content (AvgIpc) is 3.10. The number of rotatable bonds is 4. The van der Waals surface area contributed by atoms with E-state index in [4.69, 9.17) is 4.74 Å². The third kappa shape index (κ3) is 2.98. The number of anilines is 2. The standard InChI is InChI=1S/C17H17FN4OS/c18-14-3-1-2-4-15(14)22(12-21-6-8-23-9-7-21)16-13-5-10-24-17(13)20-11-19-16/h1-5,10-11H,6-9,12H2. The van der Waals surface area contributed by atoms with Crippen molar-refractivity contribution in [3.63, 3.8) is 0 Å². The highest BCUT2D eigenvalue weighted by atomic mass is 32.1. The Morgan fingerprint density at radius 1 is 1.17 bits per heavy atom. The molecule has 0 unspecified atom stereocenters. The van der Waals surface area contributed by atoms with Gasteiger partial charge in [0.05, 0.1) is 31.0 Å². The lowest BCUT2D eigenvalue weighted by Gasteiger charge is -2.33. The second-order valence-corrected chi connectivity index (χ2v) is 6.48. The molecule has 2 aromatic heterocycles. The zero-order chi connectivity index (χ0) is 16.4. The molecule has 3 heterocycles. The fraction of sp³-hybridized carbons (Fsp3) is 0.294. The van der Waals surface area contributed by atoms with Crippen molar-refractivity contribution in [2.75, 3.05) is 37.9 Å². The highest BCUT2D eigenvalue weighted by Crippen LogP contribution is 2.33. The number of halogens is 1. The summed E-state index contributed by atoms with van der Waals surface area (Å²) in [5.74, 6) is 0.477. The van der Waals surface area contributed by atoms with Crippen molar-refractivity contribution in [2.45, 2.75) is 0 Å². The number of nitrogens with zero attached hydrogens (tertiary/aromatic N) is 4.